The maximum absolute atomic E-state index is 15.1. The Balaban J connectivity index is 1.74. The molecule has 1 fully saturated rings. The van der Waals surface area contributed by atoms with Gasteiger partial charge in [-0.15, -0.1) is 11.3 Å². The van der Waals surface area contributed by atoms with Crippen LogP contribution in [0, 0.1) is 18.6 Å². The first-order chi connectivity index (χ1) is 16.8. The van der Waals surface area contributed by atoms with Crippen LogP contribution in [0.2, 0.25) is 0 Å². The lowest BCUT2D eigenvalue weighted by molar-refractivity contribution is 0.542. The Bertz CT molecular complexity index is 1460. The van der Waals surface area contributed by atoms with E-state index in [9.17, 15) is 0 Å². The van der Waals surface area contributed by atoms with Crippen molar-refractivity contribution in [3.05, 3.63) is 65.1 Å². The highest BCUT2D eigenvalue weighted by atomic mass is 32.1. The van der Waals surface area contributed by atoms with Gasteiger partial charge >= 0.3 is 0 Å². The quantitative estimate of drug-likeness (QED) is 0.321. The molecule has 1 aliphatic rings. The number of rotatable bonds is 4. The number of benzene rings is 2. The Labute approximate surface area is 190 Å². The predicted octanol–water partition coefficient (Wildman–Crippen LogP) is 8.42. The smallest absolute Gasteiger partial charge is 0.132 e. The largest absolute Gasteiger partial charge is 0.256 e. The summed E-state index contributed by atoms with van der Waals surface area (Å²) in [7, 11) is 0. The van der Waals surface area contributed by atoms with E-state index in [1.54, 1.807) is 44.3 Å². The van der Waals surface area contributed by atoms with Crippen molar-refractivity contribution in [3.63, 3.8) is 0 Å². The summed E-state index contributed by atoms with van der Waals surface area (Å²) in [6, 6.07) is 9.56. The predicted molar refractivity (Wildman–Crippen MR) is 127 cm³/mol. The number of nitrogens with zero attached hydrogens (tertiary/aromatic N) is 1. The lowest BCUT2D eigenvalue weighted by atomic mass is 9.90. The maximum atomic E-state index is 15.1. The van der Waals surface area contributed by atoms with E-state index < -0.39 is 24.9 Å². The lowest BCUT2D eigenvalue weighted by Gasteiger charge is -2.17. The number of fused-ring (bicyclic) bond motifs is 3. The molecule has 0 bridgehead atoms. The normalized spacial score (nSPS) is 19.3. The standard InChI is InChI=1S/C27H28FNS/c1-16(2)22-15-29-24(14-19(22)13-18-6-4-5-7-18)20-10-11-23(28)26-21-9-8-17(3)12-25(21)30-27(20)26/h8-12,14-16,18H,4-7,13H2,1-3H3/i3D3,13D2,16D. The molecular weight excluding hydrogens is 389 g/mol. The highest BCUT2D eigenvalue weighted by Crippen LogP contribution is 2.42. The number of aromatic nitrogens is 1. The zero-order valence-corrected chi connectivity index (χ0v) is 18.0. The van der Waals surface area contributed by atoms with Gasteiger partial charge in [-0.1, -0.05) is 51.7 Å². The van der Waals surface area contributed by atoms with Gasteiger partial charge in [-0.3, -0.25) is 4.98 Å². The van der Waals surface area contributed by atoms with E-state index >= 15 is 4.39 Å². The minimum Gasteiger partial charge on any atom is -0.256 e. The second kappa shape index (κ2) is 7.77. The van der Waals surface area contributed by atoms with Gasteiger partial charge in [-0.25, -0.2) is 4.39 Å². The minimum absolute atomic E-state index is 0.121. The van der Waals surface area contributed by atoms with Crippen LogP contribution in [-0.2, 0) is 6.37 Å². The molecule has 1 nitrogen and oxygen atoms in total. The average molecular weight is 424 g/mol. The Hall–Kier alpha value is -2.26. The average Bonchev–Trinajstić information content (AvgIpc) is 3.46. The van der Waals surface area contributed by atoms with Crippen LogP contribution in [0.15, 0.2) is 42.6 Å². The summed E-state index contributed by atoms with van der Waals surface area (Å²) in [4.78, 5) is 4.63. The summed E-state index contributed by atoms with van der Waals surface area (Å²) < 4.78 is 66.3. The Morgan fingerprint density at radius 2 is 2.07 bits per heavy atom. The van der Waals surface area contributed by atoms with Crippen LogP contribution < -0.4 is 0 Å². The highest BCUT2D eigenvalue weighted by molar-refractivity contribution is 7.26. The van der Waals surface area contributed by atoms with Crippen LogP contribution in [-0.4, -0.2) is 4.98 Å². The fraction of sp³-hybridized carbons (Fsp3) is 0.370. The summed E-state index contributed by atoms with van der Waals surface area (Å²) in [5.41, 5.74) is 2.42. The molecule has 0 unspecified atom stereocenters. The molecule has 2 aromatic carbocycles. The molecule has 4 aromatic rings. The van der Waals surface area contributed by atoms with Gasteiger partial charge < -0.3 is 0 Å². The summed E-state index contributed by atoms with van der Waals surface area (Å²) in [6.45, 7) is 1.22. The number of halogens is 1. The van der Waals surface area contributed by atoms with Crippen molar-refractivity contribution in [2.75, 3.05) is 0 Å². The first-order valence-electron chi connectivity index (χ1n) is 13.4. The number of hydrogen-bond donors (Lipinski definition) is 0. The summed E-state index contributed by atoms with van der Waals surface area (Å²) >= 11 is 1.32. The molecule has 30 heavy (non-hydrogen) atoms. The SMILES string of the molecule is [2H]C([2H])([2H])c1ccc2c(c1)sc1c(-c3cc(C([2H])([2H])C4CCCC4)c(C([2H])(C)C)cn3)ccc(F)c12. The van der Waals surface area contributed by atoms with Crippen molar-refractivity contribution < 1.29 is 12.6 Å². The molecule has 0 radical (unpaired) electrons. The molecule has 0 atom stereocenters. The molecule has 154 valence electrons. The number of aryl methyl sites for hydroxylation is 1. The topological polar surface area (TPSA) is 12.9 Å². The maximum Gasteiger partial charge on any atom is 0.132 e. The molecule has 2 aromatic heterocycles. The van der Waals surface area contributed by atoms with Gasteiger partial charge in [0.05, 0.1) is 5.69 Å². The molecule has 1 aliphatic carbocycles. The molecule has 0 N–H and O–H groups in total. The number of hydrogen-bond acceptors (Lipinski definition) is 2. The van der Waals surface area contributed by atoms with Gasteiger partial charge in [0.1, 0.15) is 5.82 Å². The van der Waals surface area contributed by atoms with Gasteiger partial charge in [0.2, 0.25) is 0 Å². The van der Waals surface area contributed by atoms with Crippen molar-refractivity contribution in [1.82, 2.24) is 4.98 Å². The van der Waals surface area contributed by atoms with Crippen LogP contribution in [0.25, 0.3) is 31.4 Å². The van der Waals surface area contributed by atoms with Gasteiger partial charge in [0, 0.05) is 40.2 Å². The first kappa shape index (κ1) is 13.9. The van der Waals surface area contributed by atoms with E-state index in [0.29, 0.717) is 42.6 Å². The lowest BCUT2D eigenvalue weighted by Crippen LogP contribution is -2.05. The molecule has 3 heteroatoms. The molecule has 0 saturated heterocycles. The molecule has 2 heterocycles. The van der Waals surface area contributed by atoms with E-state index in [-0.39, 0.29) is 11.5 Å². The summed E-state index contributed by atoms with van der Waals surface area (Å²) in [5.74, 6) is -1.55. The Morgan fingerprint density at radius 1 is 1.23 bits per heavy atom. The molecule has 0 spiro atoms. The van der Waals surface area contributed by atoms with Crippen LogP contribution in [0.4, 0.5) is 4.39 Å². The molecule has 1 saturated carbocycles. The van der Waals surface area contributed by atoms with Gasteiger partial charge in [0.15, 0.2) is 0 Å². The van der Waals surface area contributed by atoms with E-state index in [1.165, 1.54) is 23.5 Å². The van der Waals surface area contributed by atoms with Crippen molar-refractivity contribution in [2.45, 2.75) is 58.6 Å². The number of thiophene rings is 1. The molecule has 0 amide bonds. The second-order valence-corrected chi connectivity index (χ2v) is 9.41. The number of pyridine rings is 1. The summed E-state index contributed by atoms with van der Waals surface area (Å²) in [5, 5.41) is 1.06. The summed E-state index contributed by atoms with van der Waals surface area (Å²) in [6.07, 6.45) is 3.60. The van der Waals surface area contributed by atoms with E-state index in [1.807, 2.05) is 0 Å². The third-order valence-corrected chi connectivity index (χ3v) is 7.19. The first-order valence-corrected chi connectivity index (χ1v) is 11.3. The van der Waals surface area contributed by atoms with E-state index in [4.69, 9.17) is 8.22 Å². The fourth-order valence-electron chi connectivity index (χ4n) is 4.45. The van der Waals surface area contributed by atoms with Crippen LogP contribution in [0.3, 0.4) is 0 Å². The molecule has 5 rings (SSSR count). The van der Waals surface area contributed by atoms with Crippen molar-refractivity contribution in [2.24, 2.45) is 5.92 Å². The van der Waals surface area contributed by atoms with E-state index in [0.717, 1.165) is 25.7 Å². The third-order valence-electron chi connectivity index (χ3n) is 6.00. The third kappa shape index (κ3) is 3.43. The minimum atomic E-state index is -2.26. The van der Waals surface area contributed by atoms with Crippen LogP contribution >= 0.6 is 11.3 Å². The van der Waals surface area contributed by atoms with Crippen molar-refractivity contribution in [1.29, 1.82) is 0 Å². The van der Waals surface area contributed by atoms with Crippen LogP contribution in [0.5, 0.6) is 0 Å². The Morgan fingerprint density at radius 3 is 2.83 bits per heavy atom. The van der Waals surface area contributed by atoms with E-state index in [2.05, 4.69) is 4.98 Å². The van der Waals surface area contributed by atoms with Crippen molar-refractivity contribution >= 4 is 31.5 Å². The zero-order valence-electron chi connectivity index (χ0n) is 23.2. The Kier molecular flexibility index (Phi) is 3.61. The van der Waals surface area contributed by atoms with Gasteiger partial charge in [-0.05, 0) is 66.0 Å². The van der Waals surface area contributed by atoms with Crippen LogP contribution in [0.1, 0.15) is 70.3 Å². The molecular formula is C27H28FNS. The van der Waals surface area contributed by atoms with Gasteiger partial charge in [-0.2, -0.15) is 0 Å². The fourth-order valence-corrected chi connectivity index (χ4v) is 5.73. The zero-order chi connectivity index (χ0) is 26.0. The van der Waals surface area contributed by atoms with Crippen molar-refractivity contribution in [3.8, 4) is 11.3 Å². The monoisotopic (exact) mass is 423 g/mol. The highest BCUT2D eigenvalue weighted by Gasteiger charge is 2.20. The van der Waals surface area contributed by atoms with Gasteiger partial charge in [0.25, 0.3) is 0 Å². The molecule has 0 aliphatic heterocycles. The second-order valence-electron chi connectivity index (χ2n) is 8.35.